The van der Waals surface area contributed by atoms with Crippen LogP contribution in [0.5, 0.6) is 0 Å². The molecule has 1 aliphatic heterocycles. The van der Waals surface area contributed by atoms with Gasteiger partial charge in [-0.3, -0.25) is 4.99 Å². The van der Waals surface area contributed by atoms with Gasteiger partial charge >= 0.3 is 0 Å². The first kappa shape index (κ1) is 11.3. The first-order valence-electron chi connectivity index (χ1n) is 5.63. The van der Waals surface area contributed by atoms with E-state index < -0.39 is 0 Å². The molecule has 0 unspecified atom stereocenters. The molecular formula is C11H23N3. The molecule has 1 rings (SSSR count). The molecule has 3 heteroatoms. The summed E-state index contributed by atoms with van der Waals surface area (Å²) in [6.45, 7) is 12.1. The Labute approximate surface area is 87.4 Å². The van der Waals surface area contributed by atoms with Gasteiger partial charge in [0.2, 0.25) is 0 Å². The Morgan fingerprint density at radius 1 is 1.29 bits per heavy atom. The van der Waals surface area contributed by atoms with Gasteiger partial charge in [0.1, 0.15) is 0 Å². The molecule has 2 N–H and O–H groups in total. The van der Waals surface area contributed by atoms with Crippen molar-refractivity contribution < 1.29 is 0 Å². The summed E-state index contributed by atoms with van der Waals surface area (Å²) in [7, 11) is 0. The quantitative estimate of drug-likeness (QED) is 0.716. The van der Waals surface area contributed by atoms with Gasteiger partial charge in [0.25, 0.3) is 0 Å². The second-order valence-electron chi connectivity index (χ2n) is 4.69. The van der Waals surface area contributed by atoms with Gasteiger partial charge in [-0.05, 0) is 17.8 Å². The van der Waals surface area contributed by atoms with Crippen molar-refractivity contribution in [1.29, 1.82) is 0 Å². The summed E-state index contributed by atoms with van der Waals surface area (Å²) in [5.74, 6) is 3.16. The molecule has 0 radical (unpaired) electrons. The van der Waals surface area contributed by atoms with Crippen LogP contribution in [0.25, 0.3) is 0 Å². The minimum Gasteiger partial charge on any atom is -0.356 e. The second kappa shape index (κ2) is 5.23. The van der Waals surface area contributed by atoms with Gasteiger partial charge < -0.3 is 10.6 Å². The van der Waals surface area contributed by atoms with E-state index in [0.29, 0.717) is 0 Å². The van der Waals surface area contributed by atoms with E-state index in [0.717, 1.165) is 43.3 Å². The lowest BCUT2D eigenvalue weighted by atomic mass is 9.85. The minimum absolute atomic E-state index is 0.722. The lowest BCUT2D eigenvalue weighted by Gasteiger charge is -2.25. The summed E-state index contributed by atoms with van der Waals surface area (Å²) in [5, 5.41) is 6.61. The van der Waals surface area contributed by atoms with Crippen LogP contribution >= 0.6 is 0 Å². The van der Waals surface area contributed by atoms with E-state index in [1.807, 2.05) is 0 Å². The first-order valence-corrected chi connectivity index (χ1v) is 5.63. The van der Waals surface area contributed by atoms with Crippen molar-refractivity contribution in [2.24, 2.45) is 22.7 Å². The van der Waals surface area contributed by atoms with Crippen molar-refractivity contribution in [3.63, 3.8) is 0 Å². The first-order chi connectivity index (χ1) is 6.61. The van der Waals surface area contributed by atoms with E-state index in [1.54, 1.807) is 0 Å². The summed E-state index contributed by atoms with van der Waals surface area (Å²) in [6, 6.07) is 0. The second-order valence-corrected chi connectivity index (χ2v) is 4.69. The Morgan fingerprint density at radius 3 is 2.36 bits per heavy atom. The smallest absolute Gasteiger partial charge is 0.191 e. The Bertz CT molecular complexity index is 189. The summed E-state index contributed by atoms with van der Waals surface area (Å²) in [4.78, 5) is 4.32. The van der Waals surface area contributed by atoms with Crippen LogP contribution in [0.2, 0.25) is 0 Å². The fourth-order valence-electron chi connectivity index (χ4n) is 1.97. The lowest BCUT2D eigenvalue weighted by molar-refractivity contribution is 0.287. The van der Waals surface area contributed by atoms with E-state index in [-0.39, 0.29) is 0 Å². The molecule has 3 nitrogen and oxygen atoms in total. The predicted octanol–water partition coefficient (Wildman–Crippen LogP) is 1.46. The number of nitrogens with one attached hydrogen (secondary N) is 2. The van der Waals surface area contributed by atoms with Crippen LogP contribution in [-0.4, -0.2) is 25.6 Å². The maximum absolute atomic E-state index is 4.32. The molecule has 0 saturated heterocycles. The van der Waals surface area contributed by atoms with Crippen LogP contribution < -0.4 is 10.6 Å². The highest BCUT2D eigenvalue weighted by atomic mass is 15.2. The maximum atomic E-state index is 4.32. The summed E-state index contributed by atoms with van der Waals surface area (Å²) < 4.78 is 0. The number of hydrogen-bond donors (Lipinski definition) is 2. The molecule has 0 atom stereocenters. The number of aliphatic imine (C=N–C) groups is 1. The molecule has 0 bridgehead atoms. The van der Waals surface area contributed by atoms with E-state index in [4.69, 9.17) is 0 Å². The summed E-state index contributed by atoms with van der Waals surface area (Å²) in [6.07, 6.45) is 0. The van der Waals surface area contributed by atoms with E-state index in [1.165, 1.54) is 0 Å². The van der Waals surface area contributed by atoms with Gasteiger partial charge in [0.05, 0.1) is 6.54 Å². The molecule has 0 spiro atoms. The third kappa shape index (κ3) is 3.20. The highest BCUT2D eigenvalue weighted by Gasteiger charge is 2.18. The maximum Gasteiger partial charge on any atom is 0.191 e. The van der Waals surface area contributed by atoms with Crippen molar-refractivity contribution in [3.8, 4) is 0 Å². The van der Waals surface area contributed by atoms with E-state index in [2.05, 4.69) is 43.3 Å². The third-order valence-corrected chi connectivity index (χ3v) is 2.89. The number of rotatable bonds is 4. The topological polar surface area (TPSA) is 36.4 Å². The van der Waals surface area contributed by atoms with E-state index >= 15 is 0 Å². The molecule has 14 heavy (non-hydrogen) atoms. The van der Waals surface area contributed by atoms with Crippen molar-refractivity contribution in [2.45, 2.75) is 27.7 Å². The monoisotopic (exact) mass is 197 g/mol. The molecule has 0 saturated carbocycles. The third-order valence-electron chi connectivity index (χ3n) is 2.89. The number of hydrogen-bond acceptors (Lipinski definition) is 3. The molecule has 0 aromatic carbocycles. The van der Waals surface area contributed by atoms with Crippen LogP contribution in [0.3, 0.4) is 0 Å². The van der Waals surface area contributed by atoms with Gasteiger partial charge in [-0.25, -0.2) is 0 Å². The zero-order valence-corrected chi connectivity index (χ0v) is 9.80. The Balaban J connectivity index is 2.32. The number of nitrogens with zero attached hydrogens (tertiary/aromatic N) is 1. The van der Waals surface area contributed by atoms with Crippen molar-refractivity contribution >= 4 is 5.96 Å². The van der Waals surface area contributed by atoms with Crippen molar-refractivity contribution in [3.05, 3.63) is 0 Å². The number of guanidine groups is 1. The Kier molecular flexibility index (Phi) is 4.23. The molecule has 0 fully saturated rings. The van der Waals surface area contributed by atoms with Crippen molar-refractivity contribution in [2.75, 3.05) is 19.6 Å². The average molecular weight is 197 g/mol. The highest BCUT2D eigenvalue weighted by molar-refractivity contribution is 5.81. The van der Waals surface area contributed by atoms with Crippen LogP contribution in [0, 0.1) is 17.8 Å². The SMILES string of the molecule is CC(C)C(CNC1=NCCN1)C(C)C. The van der Waals surface area contributed by atoms with Gasteiger partial charge in [-0.1, -0.05) is 27.7 Å². The molecule has 0 amide bonds. The van der Waals surface area contributed by atoms with Gasteiger partial charge in [-0.2, -0.15) is 0 Å². The fraction of sp³-hybridized carbons (Fsp3) is 0.909. The Hall–Kier alpha value is -0.730. The molecule has 1 heterocycles. The van der Waals surface area contributed by atoms with Crippen molar-refractivity contribution in [1.82, 2.24) is 10.6 Å². The standard InChI is InChI=1S/C11H23N3/c1-8(2)10(9(3)4)7-14-11-12-5-6-13-11/h8-10H,5-7H2,1-4H3,(H2,12,13,14). The molecule has 0 aromatic rings. The van der Waals surface area contributed by atoms with Gasteiger partial charge in [0, 0.05) is 13.1 Å². The van der Waals surface area contributed by atoms with Crippen LogP contribution in [0.1, 0.15) is 27.7 Å². The van der Waals surface area contributed by atoms with E-state index in [9.17, 15) is 0 Å². The molecular weight excluding hydrogens is 174 g/mol. The normalized spacial score (nSPS) is 16.4. The van der Waals surface area contributed by atoms with Crippen LogP contribution in [-0.2, 0) is 0 Å². The van der Waals surface area contributed by atoms with Gasteiger partial charge in [-0.15, -0.1) is 0 Å². The average Bonchev–Trinajstić information content (AvgIpc) is 2.55. The summed E-state index contributed by atoms with van der Waals surface area (Å²) in [5.41, 5.74) is 0. The zero-order valence-electron chi connectivity index (χ0n) is 9.80. The predicted molar refractivity (Wildman–Crippen MR) is 61.5 cm³/mol. The zero-order chi connectivity index (χ0) is 10.6. The highest BCUT2D eigenvalue weighted by Crippen LogP contribution is 2.19. The molecule has 82 valence electrons. The Morgan fingerprint density at radius 2 is 1.93 bits per heavy atom. The molecule has 0 aromatic heterocycles. The van der Waals surface area contributed by atoms with Gasteiger partial charge in [0.15, 0.2) is 5.96 Å². The fourth-order valence-corrected chi connectivity index (χ4v) is 1.97. The lowest BCUT2D eigenvalue weighted by Crippen LogP contribution is -2.39. The summed E-state index contributed by atoms with van der Waals surface area (Å²) >= 11 is 0. The van der Waals surface area contributed by atoms with Crippen LogP contribution in [0.15, 0.2) is 4.99 Å². The largest absolute Gasteiger partial charge is 0.356 e. The molecule has 1 aliphatic rings. The molecule has 0 aliphatic carbocycles. The van der Waals surface area contributed by atoms with Crippen LogP contribution in [0.4, 0.5) is 0 Å². The minimum atomic E-state index is 0.722.